The lowest BCUT2D eigenvalue weighted by Crippen LogP contribution is -2.60. The predicted octanol–water partition coefficient (Wildman–Crippen LogP) is 6.27. The third-order valence-corrected chi connectivity index (χ3v) is 8.29. The van der Waals surface area contributed by atoms with Crippen molar-refractivity contribution in [2.24, 2.45) is 0 Å². The van der Waals surface area contributed by atoms with Gasteiger partial charge in [0, 0.05) is 6.42 Å². The fourth-order valence-corrected chi connectivity index (χ4v) is 5.24. The van der Waals surface area contributed by atoms with Gasteiger partial charge in [-0.15, -0.1) is 0 Å². The summed E-state index contributed by atoms with van der Waals surface area (Å²) in [6, 6.07) is -0.822. The van der Waals surface area contributed by atoms with E-state index in [-0.39, 0.29) is 12.5 Å². The molecule has 280 valence electrons. The van der Waals surface area contributed by atoms with E-state index in [9.17, 15) is 30.3 Å². The van der Waals surface area contributed by atoms with Crippen LogP contribution in [0, 0.1) is 0 Å². The molecular weight excluding hydrogens is 622 g/mol. The number of hydrogen-bond donors (Lipinski definition) is 6. The SMILES string of the molecule is CC/C=C\C/C=C\C/C=C\C/C=C\C/C=C\CCCCCC(=O)NC(COC1OC(CO)C(O)C(O)C1O)C(O)/C=C/CCCCCCC. The van der Waals surface area contributed by atoms with E-state index >= 15 is 0 Å². The summed E-state index contributed by atoms with van der Waals surface area (Å²) in [4.78, 5) is 12.8. The second-order valence-corrected chi connectivity index (χ2v) is 12.6. The average Bonchev–Trinajstić information content (AvgIpc) is 3.10. The smallest absolute Gasteiger partial charge is 0.220 e. The van der Waals surface area contributed by atoms with Gasteiger partial charge >= 0.3 is 0 Å². The molecule has 1 amide bonds. The van der Waals surface area contributed by atoms with Gasteiger partial charge in [-0.25, -0.2) is 0 Å². The Hall–Kier alpha value is -2.37. The van der Waals surface area contributed by atoms with Crippen molar-refractivity contribution in [2.75, 3.05) is 13.2 Å². The molecule has 49 heavy (non-hydrogen) atoms. The topological polar surface area (TPSA) is 149 Å². The van der Waals surface area contributed by atoms with Crippen LogP contribution in [0.2, 0.25) is 0 Å². The number of carbonyl (C=O) groups is 1. The molecule has 9 heteroatoms. The highest BCUT2D eigenvalue weighted by Gasteiger charge is 2.44. The fraction of sp³-hybridized carbons (Fsp3) is 0.675. The summed E-state index contributed by atoms with van der Waals surface area (Å²) >= 11 is 0. The van der Waals surface area contributed by atoms with Crippen LogP contribution in [0.1, 0.15) is 117 Å². The maximum absolute atomic E-state index is 12.8. The van der Waals surface area contributed by atoms with Gasteiger partial charge in [0.1, 0.15) is 24.4 Å². The summed E-state index contributed by atoms with van der Waals surface area (Å²) in [6.07, 6.45) is 32.5. The minimum absolute atomic E-state index is 0.208. The van der Waals surface area contributed by atoms with Crippen molar-refractivity contribution in [2.45, 2.75) is 159 Å². The molecule has 1 aliphatic heterocycles. The van der Waals surface area contributed by atoms with Crippen molar-refractivity contribution < 1.29 is 39.8 Å². The Bertz CT molecular complexity index is 989. The Morgan fingerprint density at radius 1 is 0.714 bits per heavy atom. The van der Waals surface area contributed by atoms with Gasteiger partial charge in [0.15, 0.2) is 6.29 Å². The highest BCUT2D eigenvalue weighted by Crippen LogP contribution is 2.22. The molecule has 0 aromatic carbocycles. The summed E-state index contributed by atoms with van der Waals surface area (Å²) in [5, 5.41) is 53.6. The minimum Gasteiger partial charge on any atom is -0.394 e. The first-order chi connectivity index (χ1) is 23.8. The average molecular weight is 690 g/mol. The zero-order valence-corrected chi connectivity index (χ0v) is 30.2. The maximum Gasteiger partial charge on any atom is 0.220 e. The van der Waals surface area contributed by atoms with E-state index in [1.165, 1.54) is 19.3 Å². The van der Waals surface area contributed by atoms with Crippen molar-refractivity contribution in [3.05, 3.63) is 72.9 Å². The Balaban J connectivity index is 2.42. The van der Waals surface area contributed by atoms with Crippen LogP contribution in [0.25, 0.3) is 0 Å². The first-order valence-electron chi connectivity index (χ1n) is 18.7. The predicted molar refractivity (Wildman–Crippen MR) is 198 cm³/mol. The number of aliphatic hydroxyl groups is 5. The van der Waals surface area contributed by atoms with Gasteiger partial charge in [0.25, 0.3) is 0 Å². The molecule has 1 aliphatic rings. The van der Waals surface area contributed by atoms with Crippen LogP contribution in [0.3, 0.4) is 0 Å². The molecule has 7 unspecified atom stereocenters. The van der Waals surface area contributed by atoms with Crippen molar-refractivity contribution in [1.82, 2.24) is 5.32 Å². The van der Waals surface area contributed by atoms with E-state index in [1.54, 1.807) is 6.08 Å². The summed E-state index contributed by atoms with van der Waals surface area (Å²) in [5.41, 5.74) is 0. The maximum atomic E-state index is 12.8. The molecule has 0 radical (unpaired) electrons. The molecule has 1 heterocycles. The van der Waals surface area contributed by atoms with E-state index in [0.29, 0.717) is 12.8 Å². The van der Waals surface area contributed by atoms with Crippen LogP contribution in [-0.2, 0) is 14.3 Å². The number of amides is 1. The quantitative estimate of drug-likeness (QED) is 0.0416. The number of ether oxygens (including phenoxy) is 2. The molecule has 0 aliphatic carbocycles. The van der Waals surface area contributed by atoms with E-state index in [0.717, 1.165) is 70.6 Å². The van der Waals surface area contributed by atoms with Gasteiger partial charge in [-0.2, -0.15) is 0 Å². The van der Waals surface area contributed by atoms with E-state index in [1.807, 2.05) is 6.08 Å². The lowest BCUT2D eigenvalue weighted by molar-refractivity contribution is -0.302. The molecule has 0 bridgehead atoms. The van der Waals surface area contributed by atoms with Crippen LogP contribution in [0.15, 0.2) is 72.9 Å². The minimum atomic E-state index is -1.57. The van der Waals surface area contributed by atoms with Crippen molar-refractivity contribution in [3.63, 3.8) is 0 Å². The third kappa shape index (κ3) is 22.1. The number of hydrogen-bond acceptors (Lipinski definition) is 8. The van der Waals surface area contributed by atoms with E-state index in [4.69, 9.17) is 9.47 Å². The Kier molecular flexibility index (Phi) is 27.8. The molecule has 1 rings (SSSR count). The molecule has 1 saturated heterocycles. The second-order valence-electron chi connectivity index (χ2n) is 12.6. The summed E-state index contributed by atoms with van der Waals surface area (Å²) in [6.45, 7) is 3.53. The largest absolute Gasteiger partial charge is 0.394 e. The lowest BCUT2D eigenvalue weighted by atomic mass is 9.99. The van der Waals surface area contributed by atoms with Gasteiger partial charge in [-0.05, 0) is 64.2 Å². The van der Waals surface area contributed by atoms with Crippen molar-refractivity contribution in [3.8, 4) is 0 Å². The summed E-state index contributed by atoms with van der Waals surface area (Å²) in [5.74, 6) is -0.218. The number of nitrogens with one attached hydrogen (secondary N) is 1. The van der Waals surface area contributed by atoms with Crippen molar-refractivity contribution >= 4 is 5.91 Å². The number of unbranched alkanes of at least 4 members (excludes halogenated alkanes) is 8. The standard InChI is InChI=1S/C40H67NO8/c1-3-5-7-9-11-12-13-14-15-16-17-18-19-20-21-22-24-26-28-30-36(44)41-33(34(43)29-27-25-23-10-8-6-4-2)32-48-40-39(47)38(46)37(45)35(31-42)49-40/h5,7,11-12,14-15,17-18,20-21,27,29,33-35,37-40,42-43,45-47H,3-4,6,8-10,13,16,19,22-26,28,30-32H2,1-2H3,(H,41,44)/b7-5-,12-11-,15-14-,18-17-,21-20-,29-27+. The molecule has 0 aromatic heterocycles. The normalized spacial score (nSPS) is 23.3. The van der Waals surface area contributed by atoms with Gasteiger partial charge < -0.3 is 40.3 Å². The lowest BCUT2D eigenvalue weighted by Gasteiger charge is -2.40. The van der Waals surface area contributed by atoms with Crippen LogP contribution >= 0.6 is 0 Å². The highest BCUT2D eigenvalue weighted by molar-refractivity contribution is 5.76. The highest BCUT2D eigenvalue weighted by atomic mass is 16.7. The zero-order valence-electron chi connectivity index (χ0n) is 30.2. The number of rotatable bonds is 28. The van der Waals surface area contributed by atoms with Crippen LogP contribution in [0.5, 0.6) is 0 Å². The molecule has 6 N–H and O–H groups in total. The van der Waals surface area contributed by atoms with E-state index < -0.39 is 49.5 Å². The molecule has 0 spiro atoms. The fourth-order valence-electron chi connectivity index (χ4n) is 5.24. The second kappa shape index (κ2) is 30.5. The Labute approximate surface area is 296 Å². The first-order valence-corrected chi connectivity index (χ1v) is 18.7. The Morgan fingerprint density at radius 2 is 1.27 bits per heavy atom. The first kappa shape index (κ1) is 44.7. The third-order valence-electron chi connectivity index (χ3n) is 8.29. The van der Waals surface area contributed by atoms with Gasteiger partial charge in [0.05, 0.1) is 25.4 Å². The Morgan fingerprint density at radius 3 is 1.86 bits per heavy atom. The van der Waals surface area contributed by atoms with Crippen LogP contribution in [-0.4, -0.2) is 87.5 Å². The molecule has 0 saturated carbocycles. The summed E-state index contributed by atoms with van der Waals surface area (Å²) < 4.78 is 11.1. The molecule has 1 fully saturated rings. The van der Waals surface area contributed by atoms with Gasteiger partial charge in [-0.1, -0.05) is 119 Å². The van der Waals surface area contributed by atoms with Crippen LogP contribution < -0.4 is 5.32 Å². The van der Waals surface area contributed by atoms with Gasteiger partial charge in [0.2, 0.25) is 5.91 Å². The van der Waals surface area contributed by atoms with E-state index in [2.05, 4.69) is 79.9 Å². The number of allylic oxidation sites excluding steroid dienone is 11. The molecule has 0 aromatic rings. The van der Waals surface area contributed by atoms with Crippen LogP contribution in [0.4, 0.5) is 0 Å². The summed E-state index contributed by atoms with van der Waals surface area (Å²) in [7, 11) is 0. The number of carbonyl (C=O) groups excluding carboxylic acids is 1. The molecule has 9 nitrogen and oxygen atoms in total. The monoisotopic (exact) mass is 689 g/mol. The molecular formula is C40H67NO8. The van der Waals surface area contributed by atoms with Gasteiger partial charge in [-0.3, -0.25) is 4.79 Å². The van der Waals surface area contributed by atoms with Crippen molar-refractivity contribution in [1.29, 1.82) is 0 Å². The zero-order chi connectivity index (χ0) is 36.0. The number of aliphatic hydroxyl groups excluding tert-OH is 5. The molecule has 7 atom stereocenters.